The second-order valence-electron chi connectivity index (χ2n) is 4.00. The summed E-state index contributed by atoms with van der Waals surface area (Å²) in [5.74, 6) is -1.28. The first-order chi connectivity index (χ1) is 9.88. The van der Waals surface area contributed by atoms with Crippen LogP contribution >= 0.6 is 34.2 Å². The Morgan fingerprint density at radius 2 is 2.00 bits per heavy atom. The number of nitro groups is 1. The van der Waals surface area contributed by atoms with Crippen molar-refractivity contribution >= 4 is 51.5 Å². The van der Waals surface area contributed by atoms with E-state index in [0.29, 0.717) is 8.59 Å². The molecule has 0 aliphatic heterocycles. The molecule has 1 N–H and O–H groups in total. The minimum atomic E-state index is -0.696. The summed E-state index contributed by atoms with van der Waals surface area (Å²) in [7, 11) is 0. The highest BCUT2D eigenvalue weighted by Gasteiger charge is 2.18. The van der Waals surface area contributed by atoms with Crippen molar-refractivity contribution in [2.75, 3.05) is 5.32 Å². The van der Waals surface area contributed by atoms with E-state index in [1.807, 2.05) is 22.6 Å². The number of halogens is 3. The fraction of sp³-hybridized carbons (Fsp3) is 0. The van der Waals surface area contributed by atoms with Gasteiger partial charge in [0.2, 0.25) is 0 Å². The summed E-state index contributed by atoms with van der Waals surface area (Å²) in [4.78, 5) is 22.3. The maximum atomic E-state index is 13.2. The van der Waals surface area contributed by atoms with Gasteiger partial charge in [-0.15, -0.1) is 0 Å². The summed E-state index contributed by atoms with van der Waals surface area (Å²) < 4.78 is 13.8. The maximum absolute atomic E-state index is 13.2. The summed E-state index contributed by atoms with van der Waals surface area (Å²) in [5.41, 5.74) is -0.343. The van der Waals surface area contributed by atoms with Gasteiger partial charge in [0.1, 0.15) is 11.5 Å². The van der Waals surface area contributed by atoms with Crippen molar-refractivity contribution in [1.29, 1.82) is 0 Å². The van der Waals surface area contributed by atoms with E-state index in [0.717, 1.165) is 18.2 Å². The predicted molar refractivity (Wildman–Crippen MR) is 85.2 cm³/mol. The number of carbonyl (C=O) groups excluding carboxylic acids is 1. The molecule has 8 heteroatoms. The number of rotatable bonds is 3. The maximum Gasteiger partial charge on any atom is 0.292 e. The van der Waals surface area contributed by atoms with Gasteiger partial charge in [-0.25, -0.2) is 4.39 Å². The highest BCUT2D eigenvalue weighted by molar-refractivity contribution is 14.1. The molecule has 0 bridgehead atoms. The number of amides is 1. The van der Waals surface area contributed by atoms with Gasteiger partial charge in [-0.3, -0.25) is 14.9 Å². The first-order valence-corrected chi connectivity index (χ1v) is 7.04. The molecule has 0 fully saturated rings. The fourth-order valence-electron chi connectivity index (χ4n) is 1.63. The van der Waals surface area contributed by atoms with Crippen molar-refractivity contribution in [2.24, 2.45) is 0 Å². The molecule has 0 atom stereocenters. The van der Waals surface area contributed by atoms with Crippen LogP contribution in [0.15, 0.2) is 36.4 Å². The van der Waals surface area contributed by atoms with Gasteiger partial charge >= 0.3 is 0 Å². The lowest BCUT2D eigenvalue weighted by Crippen LogP contribution is -2.14. The Morgan fingerprint density at radius 3 is 2.67 bits per heavy atom. The van der Waals surface area contributed by atoms with E-state index in [4.69, 9.17) is 11.6 Å². The second-order valence-corrected chi connectivity index (χ2v) is 5.60. The smallest absolute Gasteiger partial charge is 0.292 e. The fourth-order valence-corrected chi connectivity index (χ4v) is 2.38. The average Bonchev–Trinajstić information content (AvgIpc) is 2.41. The molecule has 0 aliphatic carbocycles. The molecule has 21 heavy (non-hydrogen) atoms. The minimum absolute atomic E-state index is 0.208. The molecule has 1 amide bonds. The van der Waals surface area contributed by atoms with E-state index < -0.39 is 16.6 Å². The average molecular weight is 421 g/mol. The van der Waals surface area contributed by atoms with Crippen molar-refractivity contribution in [1.82, 2.24) is 0 Å². The quantitative estimate of drug-likeness (QED) is 0.458. The molecule has 0 saturated heterocycles. The van der Waals surface area contributed by atoms with Gasteiger partial charge in [0.15, 0.2) is 0 Å². The van der Waals surface area contributed by atoms with E-state index in [9.17, 15) is 19.3 Å². The molecule has 0 radical (unpaired) electrons. The lowest BCUT2D eigenvalue weighted by molar-refractivity contribution is -0.384. The van der Waals surface area contributed by atoms with E-state index in [-0.39, 0.29) is 16.9 Å². The Bertz CT molecular complexity index is 739. The van der Waals surface area contributed by atoms with Crippen molar-refractivity contribution in [3.63, 3.8) is 0 Å². The van der Waals surface area contributed by atoms with Crippen molar-refractivity contribution in [3.05, 3.63) is 66.5 Å². The Balaban J connectivity index is 2.38. The lowest BCUT2D eigenvalue weighted by atomic mass is 10.2. The monoisotopic (exact) mass is 420 g/mol. The summed E-state index contributed by atoms with van der Waals surface area (Å²) >= 11 is 7.76. The van der Waals surface area contributed by atoms with Crippen molar-refractivity contribution in [2.45, 2.75) is 0 Å². The molecule has 0 heterocycles. The largest absolute Gasteiger partial charge is 0.316 e. The first-order valence-electron chi connectivity index (χ1n) is 5.59. The highest BCUT2D eigenvalue weighted by atomic mass is 127. The second kappa shape index (κ2) is 6.35. The molecule has 2 rings (SSSR count). The number of anilines is 1. The molecule has 0 unspecified atom stereocenters. The first kappa shape index (κ1) is 15.6. The van der Waals surface area contributed by atoms with Gasteiger partial charge in [0.25, 0.3) is 11.6 Å². The van der Waals surface area contributed by atoms with Gasteiger partial charge in [-0.2, -0.15) is 0 Å². The minimum Gasteiger partial charge on any atom is -0.316 e. The summed E-state index contributed by atoms with van der Waals surface area (Å²) in [6, 6.07) is 7.53. The Labute approximate surface area is 137 Å². The van der Waals surface area contributed by atoms with Crippen LogP contribution in [0.1, 0.15) is 10.4 Å². The molecule has 0 aromatic heterocycles. The van der Waals surface area contributed by atoms with Crippen LogP contribution in [-0.4, -0.2) is 10.8 Å². The third-order valence-electron chi connectivity index (χ3n) is 2.58. The number of nitrogens with zero attached hydrogens (tertiary/aromatic N) is 1. The van der Waals surface area contributed by atoms with Gasteiger partial charge in [-0.05, 0) is 46.9 Å². The molecule has 2 aromatic rings. The molecule has 2 aromatic carbocycles. The number of hydrogen-bond donors (Lipinski definition) is 1. The molecule has 0 saturated carbocycles. The third kappa shape index (κ3) is 3.67. The van der Waals surface area contributed by atoms with E-state index in [1.54, 1.807) is 12.1 Å². The summed E-state index contributed by atoms with van der Waals surface area (Å²) in [6.07, 6.45) is 0. The molecule has 108 valence electrons. The highest BCUT2D eigenvalue weighted by Crippen LogP contribution is 2.26. The van der Waals surface area contributed by atoms with Crippen LogP contribution in [0.3, 0.4) is 0 Å². The molecule has 5 nitrogen and oxygen atoms in total. The van der Waals surface area contributed by atoms with Crippen LogP contribution in [0, 0.1) is 19.5 Å². The number of hydrogen-bond acceptors (Lipinski definition) is 3. The lowest BCUT2D eigenvalue weighted by Gasteiger charge is -2.08. The third-order valence-corrected chi connectivity index (χ3v) is 3.75. The van der Waals surface area contributed by atoms with E-state index in [1.165, 1.54) is 6.07 Å². The van der Waals surface area contributed by atoms with Crippen LogP contribution in [0.4, 0.5) is 15.8 Å². The van der Waals surface area contributed by atoms with Crippen LogP contribution in [0.5, 0.6) is 0 Å². The zero-order valence-electron chi connectivity index (χ0n) is 10.3. The number of nitro benzene ring substituents is 1. The Morgan fingerprint density at radius 1 is 1.29 bits per heavy atom. The van der Waals surface area contributed by atoms with Gasteiger partial charge in [0.05, 0.1) is 10.5 Å². The Hall–Kier alpha value is -1.74. The van der Waals surface area contributed by atoms with Crippen molar-refractivity contribution in [3.8, 4) is 0 Å². The molecule has 0 spiro atoms. The van der Waals surface area contributed by atoms with Crippen molar-refractivity contribution < 1.29 is 14.1 Å². The standard InChI is InChI=1S/C13H7ClFIN2O3/c14-7-1-3-10(16)9(5-7)13(19)17-11-6-8(15)2-4-12(11)18(20)21/h1-6H,(H,17,19). The van der Waals surface area contributed by atoms with Gasteiger partial charge in [0, 0.05) is 20.7 Å². The normalized spacial score (nSPS) is 10.2. The number of carbonyl (C=O) groups is 1. The van der Waals surface area contributed by atoms with Crippen LogP contribution < -0.4 is 5.32 Å². The summed E-state index contributed by atoms with van der Waals surface area (Å²) in [6.45, 7) is 0. The Kier molecular flexibility index (Phi) is 4.73. The van der Waals surface area contributed by atoms with Gasteiger partial charge < -0.3 is 5.32 Å². The molecule has 0 aliphatic rings. The van der Waals surface area contributed by atoms with E-state index >= 15 is 0 Å². The molecular weight excluding hydrogens is 414 g/mol. The van der Waals surface area contributed by atoms with Gasteiger partial charge in [-0.1, -0.05) is 11.6 Å². The topological polar surface area (TPSA) is 72.2 Å². The summed E-state index contributed by atoms with van der Waals surface area (Å²) in [5, 5.41) is 13.6. The van der Waals surface area contributed by atoms with Crippen LogP contribution in [0.25, 0.3) is 0 Å². The van der Waals surface area contributed by atoms with Crippen LogP contribution in [0.2, 0.25) is 5.02 Å². The zero-order valence-corrected chi connectivity index (χ0v) is 13.2. The number of nitrogens with one attached hydrogen (secondary N) is 1. The molecular formula is C13H7ClFIN2O3. The predicted octanol–water partition coefficient (Wildman–Crippen LogP) is 4.24. The zero-order chi connectivity index (χ0) is 15.6. The van der Waals surface area contributed by atoms with E-state index in [2.05, 4.69) is 5.32 Å². The number of benzene rings is 2. The SMILES string of the molecule is O=C(Nc1cc(F)ccc1[N+](=O)[O-])c1cc(Cl)ccc1I. The van der Waals surface area contributed by atoms with Crippen LogP contribution in [-0.2, 0) is 0 Å².